The van der Waals surface area contributed by atoms with Gasteiger partial charge in [0, 0.05) is 13.3 Å². The molecule has 0 spiro atoms. The van der Waals surface area contributed by atoms with E-state index in [2.05, 4.69) is 10.3 Å². The van der Waals surface area contributed by atoms with Crippen molar-refractivity contribution in [3.05, 3.63) is 29.0 Å². The van der Waals surface area contributed by atoms with Gasteiger partial charge in [-0.25, -0.2) is 0 Å². The van der Waals surface area contributed by atoms with E-state index < -0.39 is 0 Å². The Morgan fingerprint density at radius 2 is 2.43 bits per heavy atom. The van der Waals surface area contributed by atoms with Crippen LogP contribution >= 0.6 is 11.6 Å². The summed E-state index contributed by atoms with van der Waals surface area (Å²) in [6.45, 7) is 3.48. The number of pyridine rings is 1. The van der Waals surface area contributed by atoms with E-state index in [1.807, 2.05) is 19.1 Å². The van der Waals surface area contributed by atoms with Gasteiger partial charge in [-0.05, 0) is 18.7 Å². The molecule has 14 heavy (non-hydrogen) atoms. The van der Waals surface area contributed by atoms with Crippen LogP contribution in [-0.4, -0.2) is 25.2 Å². The third-order valence-electron chi connectivity index (χ3n) is 1.90. The number of likely N-dealkylation sites (N-methyl/N-ethyl adjacent to an activating group) is 1. The fraction of sp³-hybridized carbons (Fsp3) is 0.500. The Bertz CT molecular complexity index is 275. The van der Waals surface area contributed by atoms with Gasteiger partial charge in [-0.15, -0.1) is 0 Å². The standard InChI is InChI=1S/C10H15ClN2O/c1-3-12-9(7-14-2)10-8(11)5-4-6-13-10/h4-6,9,12H,3,7H2,1-2H3. The van der Waals surface area contributed by atoms with Crippen LogP contribution in [0.3, 0.4) is 0 Å². The quantitative estimate of drug-likeness (QED) is 0.815. The van der Waals surface area contributed by atoms with Gasteiger partial charge in [0.1, 0.15) is 0 Å². The Balaban J connectivity index is 2.81. The molecule has 1 rings (SSSR count). The number of hydrogen-bond donors (Lipinski definition) is 1. The first-order chi connectivity index (χ1) is 6.79. The number of methoxy groups -OCH3 is 1. The molecule has 0 radical (unpaired) electrons. The first-order valence-electron chi connectivity index (χ1n) is 4.62. The lowest BCUT2D eigenvalue weighted by Gasteiger charge is -2.17. The molecule has 0 bridgehead atoms. The van der Waals surface area contributed by atoms with Crippen molar-refractivity contribution >= 4 is 11.6 Å². The average molecular weight is 215 g/mol. The number of nitrogens with one attached hydrogen (secondary N) is 1. The molecule has 1 aromatic heterocycles. The normalized spacial score (nSPS) is 12.8. The third-order valence-corrected chi connectivity index (χ3v) is 2.22. The van der Waals surface area contributed by atoms with E-state index in [1.165, 1.54) is 0 Å². The summed E-state index contributed by atoms with van der Waals surface area (Å²) in [6.07, 6.45) is 1.74. The molecular weight excluding hydrogens is 200 g/mol. The van der Waals surface area contributed by atoms with Crippen molar-refractivity contribution in [2.75, 3.05) is 20.3 Å². The van der Waals surface area contributed by atoms with Crippen LogP contribution in [0.15, 0.2) is 18.3 Å². The van der Waals surface area contributed by atoms with Gasteiger partial charge in [0.05, 0.1) is 23.4 Å². The Kier molecular flexibility index (Phi) is 4.87. The molecule has 1 atom stereocenters. The van der Waals surface area contributed by atoms with Crippen molar-refractivity contribution in [1.29, 1.82) is 0 Å². The van der Waals surface area contributed by atoms with E-state index in [0.29, 0.717) is 11.6 Å². The minimum atomic E-state index is 0.0682. The molecule has 78 valence electrons. The maximum absolute atomic E-state index is 6.03. The molecule has 4 heteroatoms. The lowest BCUT2D eigenvalue weighted by atomic mass is 10.2. The predicted molar refractivity (Wildman–Crippen MR) is 57.5 cm³/mol. The van der Waals surface area contributed by atoms with Crippen LogP contribution in [-0.2, 0) is 4.74 Å². The van der Waals surface area contributed by atoms with E-state index in [1.54, 1.807) is 13.3 Å². The van der Waals surface area contributed by atoms with Crippen molar-refractivity contribution in [3.63, 3.8) is 0 Å². The molecule has 1 unspecified atom stereocenters. The Morgan fingerprint density at radius 3 is 3.00 bits per heavy atom. The van der Waals surface area contributed by atoms with Crippen molar-refractivity contribution in [2.24, 2.45) is 0 Å². The van der Waals surface area contributed by atoms with Crippen molar-refractivity contribution < 1.29 is 4.74 Å². The summed E-state index contributed by atoms with van der Waals surface area (Å²) >= 11 is 6.03. The fourth-order valence-corrected chi connectivity index (χ4v) is 1.56. The van der Waals surface area contributed by atoms with Gasteiger partial charge in [-0.2, -0.15) is 0 Å². The van der Waals surface area contributed by atoms with E-state index in [0.717, 1.165) is 12.2 Å². The summed E-state index contributed by atoms with van der Waals surface area (Å²) in [4.78, 5) is 4.24. The molecule has 0 aliphatic carbocycles. The summed E-state index contributed by atoms with van der Waals surface area (Å²) in [5.41, 5.74) is 0.845. The summed E-state index contributed by atoms with van der Waals surface area (Å²) in [5, 5.41) is 3.95. The third kappa shape index (κ3) is 2.94. The van der Waals surface area contributed by atoms with Gasteiger partial charge in [0.25, 0.3) is 0 Å². The van der Waals surface area contributed by atoms with E-state index >= 15 is 0 Å². The molecule has 0 aliphatic rings. The van der Waals surface area contributed by atoms with Crippen LogP contribution in [0.4, 0.5) is 0 Å². The number of hydrogen-bond acceptors (Lipinski definition) is 3. The molecule has 1 aromatic rings. The molecular formula is C10H15ClN2O. The topological polar surface area (TPSA) is 34.1 Å². The number of rotatable bonds is 5. The van der Waals surface area contributed by atoms with Crippen LogP contribution in [0, 0.1) is 0 Å². The Labute approximate surface area is 89.4 Å². The van der Waals surface area contributed by atoms with Gasteiger partial charge >= 0.3 is 0 Å². The second-order valence-electron chi connectivity index (χ2n) is 2.94. The van der Waals surface area contributed by atoms with Gasteiger partial charge < -0.3 is 10.1 Å². The Hall–Kier alpha value is -0.640. The highest BCUT2D eigenvalue weighted by molar-refractivity contribution is 6.31. The van der Waals surface area contributed by atoms with Crippen molar-refractivity contribution in [3.8, 4) is 0 Å². The predicted octanol–water partition coefficient (Wildman–Crippen LogP) is 2.03. The summed E-state index contributed by atoms with van der Waals surface area (Å²) < 4.78 is 5.10. The molecule has 0 amide bonds. The molecule has 0 saturated carbocycles. The zero-order chi connectivity index (χ0) is 10.4. The zero-order valence-electron chi connectivity index (χ0n) is 8.46. The van der Waals surface area contributed by atoms with Crippen molar-refractivity contribution in [2.45, 2.75) is 13.0 Å². The molecule has 1 heterocycles. The molecule has 3 nitrogen and oxygen atoms in total. The second kappa shape index (κ2) is 5.96. The molecule has 0 saturated heterocycles. The number of nitrogens with zero attached hydrogens (tertiary/aromatic N) is 1. The minimum Gasteiger partial charge on any atom is -0.383 e. The molecule has 1 N–H and O–H groups in total. The molecule has 0 fully saturated rings. The smallest absolute Gasteiger partial charge is 0.0782 e. The van der Waals surface area contributed by atoms with Gasteiger partial charge in [0.15, 0.2) is 0 Å². The highest BCUT2D eigenvalue weighted by Crippen LogP contribution is 2.19. The average Bonchev–Trinajstić information content (AvgIpc) is 2.18. The van der Waals surface area contributed by atoms with Crippen LogP contribution in [0.1, 0.15) is 18.7 Å². The highest BCUT2D eigenvalue weighted by Gasteiger charge is 2.14. The van der Waals surface area contributed by atoms with Crippen LogP contribution in [0.2, 0.25) is 5.02 Å². The minimum absolute atomic E-state index is 0.0682. The molecule has 0 aliphatic heterocycles. The lowest BCUT2D eigenvalue weighted by molar-refractivity contribution is 0.166. The van der Waals surface area contributed by atoms with E-state index in [9.17, 15) is 0 Å². The summed E-state index contributed by atoms with van der Waals surface area (Å²) in [5.74, 6) is 0. The summed E-state index contributed by atoms with van der Waals surface area (Å²) in [7, 11) is 1.67. The van der Waals surface area contributed by atoms with E-state index in [-0.39, 0.29) is 6.04 Å². The van der Waals surface area contributed by atoms with Crippen LogP contribution in [0.25, 0.3) is 0 Å². The Morgan fingerprint density at radius 1 is 1.64 bits per heavy atom. The number of ether oxygens (including phenoxy) is 1. The first kappa shape index (κ1) is 11.4. The fourth-order valence-electron chi connectivity index (χ4n) is 1.30. The van der Waals surface area contributed by atoms with Crippen molar-refractivity contribution in [1.82, 2.24) is 10.3 Å². The number of aromatic nitrogens is 1. The number of halogens is 1. The first-order valence-corrected chi connectivity index (χ1v) is 5.00. The maximum atomic E-state index is 6.03. The second-order valence-corrected chi connectivity index (χ2v) is 3.34. The lowest BCUT2D eigenvalue weighted by Crippen LogP contribution is -2.26. The van der Waals surface area contributed by atoms with Gasteiger partial charge in [-0.1, -0.05) is 18.5 Å². The molecule has 0 aromatic carbocycles. The zero-order valence-corrected chi connectivity index (χ0v) is 9.21. The highest BCUT2D eigenvalue weighted by atomic mass is 35.5. The summed E-state index contributed by atoms with van der Waals surface area (Å²) in [6, 6.07) is 3.73. The SMILES string of the molecule is CCNC(COC)c1ncccc1Cl. The van der Waals surface area contributed by atoms with E-state index in [4.69, 9.17) is 16.3 Å². The monoisotopic (exact) mass is 214 g/mol. The maximum Gasteiger partial charge on any atom is 0.0782 e. The van der Waals surface area contributed by atoms with Gasteiger partial charge in [-0.3, -0.25) is 4.98 Å². The largest absolute Gasteiger partial charge is 0.383 e. The van der Waals surface area contributed by atoms with Gasteiger partial charge in [0.2, 0.25) is 0 Å². The van der Waals surface area contributed by atoms with Crippen LogP contribution < -0.4 is 5.32 Å². The van der Waals surface area contributed by atoms with Crippen LogP contribution in [0.5, 0.6) is 0 Å².